The molecule has 0 radical (unpaired) electrons. The number of aromatic hydroxyl groups is 1. The van der Waals surface area contributed by atoms with Gasteiger partial charge in [0.2, 0.25) is 5.13 Å². The number of aromatic carboxylic acids is 1. The molecule has 0 spiro atoms. The minimum Gasteiger partial charge on any atom is -0.508 e. The minimum absolute atomic E-state index is 0. The molecule has 0 atom stereocenters. The zero-order valence-electron chi connectivity index (χ0n) is 28.8. The van der Waals surface area contributed by atoms with Crippen molar-refractivity contribution in [2.24, 2.45) is 30.7 Å². The number of azo groups is 3. The number of thiazole rings is 1. The second kappa shape index (κ2) is 18.9. The van der Waals surface area contributed by atoms with Crippen LogP contribution in [0.4, 0.5) is 38.6 Å². The summed E-state index contributed by atoms with van der Waals surface area (Å²) in [6.07, 6.45) is 3.54. The monoisotopic (exact) mass is 977 g/mol. The Hall–Kier alpha value is -6.66. The van der Waals surface area contributed by atoms with E-state index in [0.29, 0.717) is 10.8 Å². The summed E-state index contributed by atoms with van der Waals surface area (Å²) in [5.41, 5.74) is 5.66. The Bertz CT molecular complexity index is 2060. The molecule has 0 fully saturated rings. The van der Waals surface area contributed by atoms with E-state index in [-0.39, 0.29) is 11.3 Å². The predicted octanol–water partition coefficient (Wildman–Crippen LogP) is 12.9. The predicted molar refractivity (Wildman–Crippen MR) is 207 cm³/mol. The summed E-state index contributed by atoms with van der Waals surface area (Å²) < 4.78 is 0.969. The van der Waals surface area contributed by atoms with Crippen molar-refractivity contribution in [1.82, 2.24) is 4.98 Å². The third-order valence-corrected chi connectivity index (χ3v) is 9.49. The molecule has 14 heteroatoms. The van der Waals surface area contributed by atoms with Crippen LogP contribution in [0.3, 0.4) is 0 Å². The number of benzene rings is 4. The molecular formula is C38H38N8NoO3S2. The van der Waals surface area contributed by atoms with E-state index in [1.165, 1.54) is 58.9 Å². The van der Waals surface area contributed by atoms with Crippen LogP contribution < -0.4 is 4.90 Å². The van der Waals surface area contributed by atoms with E-state index in [0.717, 1.165) is 51.1 Å². The van der Waals surface area contributed by atoms with Crippen molar-refractivity contribution in [2.75, 3.05) is 18.0 Å². The fourth-order valence-electron chi connectivity index (χ4n) is 4.75. The van der Waals surface area contributed by atoms with Gasteiger partial charge in [0.1, 0.15) is 15.6 Å². The molecule has 11 nitrogen and oxygen atoms in total. The van der Waals surface area contributed by atoms with Crippen molar-refractivity contribution in [3.8, 4) is 5.75 Å². The van der Waals surface area contributed by atoms with Gasteiger partial charge in [0.15, 0.2) is 0 Å². The molecule has 0 unspecified atom stereocenters. The molecule has 0 bridgehead atoms. The van der Waals surface area contributed by atoms with Gasteiger partial charge in [0.25, 0.3) is 0 Å². The van der Waals surface area contributed by atoms with E-state index < -0.39 is 5.97 Å². The van der Waals surface area contributed by atoms with Gasteiger partial charge >= 0.3 is 5.97 Å². The Morgan fingerprint density at radius 1 is 0.692 bits per heavy atom. The third-order valence-electron chi connectivity index (χ3n) is 7.56. The summed E-state index contributed by atoms with van der Waals surface area (Å²) in [7, 11) is 0. The Labute approximate surface area is 304 Å². The Morgan fingerprint density at radius 2 is 1.21 bits per heavy atom. The summed E-state index contributed by atoms with van der Waals surface area (Å²) in [5.74, 6) is -0.734. The summed E-state index contributed by atoms with van der Waals surface area (Å²) in [5, 5.41) is 44.7. The summed E-state index contributed by atoms with van der Waals surface area (Å²) in [6.45, 7) is 8.39. The van der Waals surface area contributed by atoms with Gasteiger partial charge in [0, 0.05) is 18.8 Å². The first-order valence-corrected chi connectivity index (χ1v) is 18.2. The van der Waals surface area contributed by atoms with Gasteiger partial charge in [-0.1, -0.05) is 48.2 Å². The van der Waals surface area contributed by atoms with E-state index >= 15 is 0 Å². The van der Waals surface area contributed by atoms with E-state index in [1.54, 1.807) is 36.4 Å². The number of carbonyl (C=O) groups is 1. The van der Waals surface area contributed by atoms with Gasteiger partial charge in [-0.15, -0.1) is 20.5 Å². The number of nitrogens with zero attached hydrogens (tertiary/aromatic N) is 8. The number of carboxylic acids is 1. The van der Waals surface area contributed by atoms with Crippen molar-refractivity contribution >= 4 is 76.7 Å². The summed E-state index contributed by atoms with van der Waals surface area (Å²) >= 11 is 2.86. The van der Waals surface area contributed by atoms with Gasteiger partial charge in [0.05, 0.1) is 33.0 Å². The van der Waals surface area contributed by atoms with Crippen molar-refractivity contribution < 1.29 is 15.0 Å². The Morgan fingerprint density at radius 3 is 1.75 bits per heavy atom. The standard InChI is InChI=1S/C22H20N6O2S2.C16H18N2O.No/c1-3-28(4-2)17-11-9-16(10-12-17)25-27-22-23-20-18(31-22)13-19(32-20)26-24-15-7-5-14(6-8-15)21(29)30;1-2-3-4-13-5-7-14(8-6-13)17-18-15-9-11-16(19)12-10-15;/h5-13H,3-4H2,1-2H3,(H,29,30);5-12,19H,2-4H2,1H3;. The number of hydrogen-bond acceptors (Lipinski definition) is 12. The van der Waals surface area contributed by atoms with E-state index in [2.05, 4.69) is 73.5 Å². The molecule has 0 aliphatic carbocycles. The maximum Gasteiger partial charge on any atom is 0.335 e. The molecule has 2 N–H and O–H groups in total. The molecule has 0 saturated carbocycles. The maximum absolute atomic E-state index is 10.9. The van der Waals surface area contributed by atoms with E-state index in [4.69, 9.17) is 5.11 Å². The van der Waals surface area contributed by atoms with Crippen LogP contribution in [0.5, 0.6) is 5.75 Å². The van der Waals surface area contributed by atoms with Crippen molar-refractivity contribution in [3.63, 3.8) is 0 Å². The van der Waals surface area contributed by atoms with Crippen LogP contribution in [-0.4, -0.2) is 34.3 Å². The van der Waals surface area contributed by atoms with Crippen molar-refractivity contribution in [2.45, 2.75) is 40.0 Å². The fraction of sp³-hybridized carbons (Fsp3) is 0.211. The zero-order valence-corrected chi connectivity index (χ0v) is 32.7. The van der Waals surface area contributed by atoms with Crippen LogP contribution in [0, 0.1) is 0 Å². The number of rotatable bonds is 13. The molecule has 0 saturated heterocycles. The van der Waals surface area contributed by atoms with Gasteiger partial charge in [-0.05, 0) is 123 Å². The van der Waals surface area contributed by atoms with Crippen LogP contribution in [-0.2, 0) is 6.42 Å². The normalized spacial score (nSPS) is 11.2. The fourth-order valence-corrected chi connectivity index (χ4v) is 6.60. The van der Waals surface area contributed by atoms with Crippen molar-refractivity contribution in [1.29, 1.82) is 0 Å². The molecule has 52 heavy (non-hydrogen) atoms. The average Bonchev–Trinajstić information content (AvgIpc) is 3.73. The van der Waals surface area contributed by atoms with E-state index in [9.17, 15) is 9.90 Å². The Kier molecular flexibility index (Phi) is 13.9. The minimum atomic E-state index is -0.970. The number of unbranched alkanes of at least 4 members (excludes halogenated alkanes) is 1. The molecule has 0 aliphatic rings. The molecular weight excluding hydrogens is 940 g/mol. The van der Waals surface area contributed by atoms with E-state index in [1.807, 2.05) is 42.5 Å². The third kappa shape index (κ3) is 10.9. The molecule has 6 aromatic rings. The quantitative estimate of drug-likeness (QED) is 0.111. The van der Waals surface area contributed by atoms with Crippen LogP contribution in [0.25, 0.3) is 9.53 Å². The first-order chi connectivity index (χ1) is 24.8. The number of carboxylic acid groups (broad SMARTS) is 1. The SMILES string of the molecule is CCCCc1ccc(N=Nc2ccc(O)cc2)cc1.CCN(CC)c1ccc(N=Nc2nc3sc(N=Nc4ccc(C(=O)O)cc4)cc3s2)cc1.[No]. The number of hydrogen-bond donors (Lipinski definition) is 2. The number of anilines is 1. The number of fused-ring (bicyclic) bond motifs is 1. The van der Waals surface area contributed by atoms with Crippen LogP contribution >= 0.6 is 22.7 Å². The smallest absolute Gasteiger partial charge is 0.335 e. The number of phenols is 1. The average molecular weight is 978 g/mol. The molecule has 6 rings (SSSR count). The molecule has 0 amide bonds. The van der Waals surface area contributed by atoms with Gasteiger partial charge in [-0.25, -0.2) is 9.78 Å². The van der Waals surface area contributed by atoms with Gasteiger partial charge in [-0.2, -0.15) is 10.2 Å². The van der Waals surface area contributed by atoms with Crippen LogP contribution in [0.1, 0.15) is 49.5 Å². The zero-order chi connectivity index (χ0) is 36.0. The Balaban J connectivity index is 0.000000259. The molecule has 4 aromatic carbocycles. The number of thiophene rings is 1. The van der Waals surface area contributed by atoms with Crippen molar-refractivity contribution in [3.05, 3.63) is 114 Å². The topological polar surface area (TPSA) is 148 Å². The van der Waals surface area contributed by atoms with Gasteiger partial charge in [-0.3, -0.25) is 0 Å². The maximum atomic E-state index is 10.9. The number of phenolic OH excluding ortho intramolecular Hbond substituents is 1. The number of aromatic nitrogens is 1. The largest absolute Gasteiger partial charge is 0.508 e. The van der Waals surface area contributed by atoms with Gasteiger partial charge < -0.3 is 15.1 Å². The molecule has 2 heterocycles. The second-order valence-corrected chi connectivity index (χ2v) is 13.2. The summed E-state index contributed by atoms with van der Waals surface area (Å²) in [4.78, 5) is 18.5. The summed E-state index contributed by atoms with van der Waals surface area (Å²) in [6, 6.07) is 31.0. The number of aryl methyl sites for hydroxylation is 1. The molecule has 2 aromatic heterocycles. The molecule has 0 aliphatic heterocycles. The molecule has 274 valence electrons. The van der Waals surface area contributed by atoms with Crippen LogP contribution in [0.15, 0.2) is 134 Å². The first-order valence-electron chi connectivity index (χ1n) is 16.6. The first kappa shape index (κ1) is 38.1. The second-order valence-electron chi connectivity index (χ2n) is 11.2. The van der Waals surface area contributed by atoms with Crippen LogP contribution in [0.2, 0.25) is 0 Å².